The lowest BCUT2D eigenvalue weighted by Crippen LogP contribution is -2.08. The molecule has 1 saturated carbocycles. The van der Waals surface area contributed by atoms with Crippen molar-refractivity contribution in [1.82, 2.24) is 9.55 Å². The molecule has 0 aliphatic heterocycles. The topological polar surface area (TPSA) is 29.9 Å². The van der Waals surface area contributed by atoms with Gasteiger partial charge in [0.2, 0.25) is 5.95 Å². The second-order valence-corrected chi connectivity index (χ2v) is 6.24. The van der Waals surface area contributed by atoms with Crippen LogP contribution in [0, 0.1) is 12.7 Å². The van der Waals surface area contributed by atoms with Crippen LogP contribution >= 0.6 is 23.2 Å². The zero-order valence-corrected chi connectivity index (χ0v) is 13.2. The molecule has 1 heterocycles. The molecular formula is C15H16Cl2FN3. The predicted octanol–water partition coefficient (Wildman–Crippen LogP) is 5.50. The zero-order chi connectivity index (χ0) is 15.0. The Morgan fingerprint density at radius 1 is 1.24 bits per heavy atom. The van der Waals surface area contributed by atoms with E-state index in [4.69, 9.17) is 23.2 Å². The second-order valence-electron chi connectivity index (χ2n) is 5.43. The molecule has 0 spiro atoms. The van der Waals surface area contributed by atoms with Crippen molar-refractivity contribution < 1.29 is 4.39 Å². The van der Waals surface area contributed by atoms with Crippen LogP contribution in [0.25, 0.3) is 0 Å². The first-order chi connectivity index (χ1) is 10.0. The van der Waals surface area contributed by atoms with E-state index in [2.05, 4.69) is 14.9 Å². The average Bonchev–Trinajstić information content (AvgIpc) is 3.05. The number of nitrogens with zero attached hydrogens (tertiary/aromatic N) is 2. The van der Waals surface area contributed by atoms with Crippen molar-refractivity contribution in [2.75, 3.05) is 5.32 Å². The fourth-order valence-corrected chi connectivity index (χ4v) is 3.31. The number of hydrogen-bond donors (Lipinski definition) is 1. The van der Waals surface area contributed by atoms with Crippen molar-refractivity contribution in [1.29, 1.82) is 0 Å². The van der Waals surface area contributed by atoms with Crippen LogP contribution < -0.4 is 5.32 Å². The summed E-state index contributed by atoms with van der Waals surface area (Å²) < 4.78 is 15.6. The van der Waals surface area contributed by atoms with Crippen LogP contribution in [0.15, 0.2) is 18.3 Å². The van der Waals surface area contributed by atoms with Crippen LogP contribution in [0.5, 0.6) is 0 Å². The Bertz CT molecular complexity index is 640. The van der Waals surface area contributed by atoms with Gasteiger partial charge < -0.3 is 9.88 Å². The molecule has 2 aromatic rings. The molecule has 0 amide bonds. The van der Waals surface area contributed by atoms with Gasteiger partial charge >= 0.3 is 0 Å². The van der Waals surface area contributed by atoms with Crippen molar-refractivity contribution in [2.45, 2.75) is 38.6 Å². The average molecular weight is 328 g/mol. The number of imidazole rings is 1. The number of hydrogen-bond acceptors (Lipinski definition) is 2. The van der Waals surface area contributed by atoms with Crippen molar-refractivity contribution in [3.05, 3.63) is 39.9 Å². The lowest BCUT2D eigenvalue weighted by Gasteiger charge is -2.16. The summed E-state index contributed by atoms with van der Waals surface area (Å²) in [7, 11) is 0. The molecule has 1 aromatic heterocycles. The van der Waals surface area contributed by atoms with Gasteiger partial charge in [0.1, 0.15) is 0 Å². The largest absolute Gasteiger partial charge is 0.325 e. The Balaban J connectivity index is 1.91. The summed E-state index contributed by atoms with van der Waals surface area (Å²) in [5.74, 6) is 0.150. The Morgan fingerprint density at radius 2 is 1.86 bits per heavy atom. The lowest BCUT2D eigenvalue weighted by molar-refractivity contribution is 0.524. The molecule has 1 N–H and O–H groups in total. The molecule has 0 saturated heterocycles. The van der Waals surface area contributed by atoms with Gasteiger partial charge in [0, 0.05) is 17.9 Å². The highest BCUT2D eigenvalue weighted by atomic mass is 35.5. The molecule has 0 bridgehead atoms. The van der Waals surface area contributed by atoms with Gasteiger partial charge in [0.25, 0.3) is 0 Å². The summed E-state index contributed by atoms with van der Waals surface area (Å²) in [5, 5.41) is 3.20. The van der Waals surface area contributed by atoms with E-state index in [1.807, 2.05) is 13.1 Å². The van der Waals surface area contributed by atoms with Crippen LogP contribution in [0.3, 0.4) is 0 Å². The number of benzene rings is 1. The quantitative estimate of drug-likeness (QED) is 0.754. The molecular weight excluding hydrogens is 312 g/mol. The molecule has 21 heavy (non-hydrogen) atoms. The van der Waals surface area contributed by atoms with E-state index in [9.17, 15) is 4.39 Å². The lowest BCUT2D eigenvalue weighted by atomic mass is 10.2. The summed E-state index contributed by atoms with van der Waals surface area (Å²) in [6.07, 6.45) is 6.86. The first-order valence-corrected chi connectivity index (χ1v) is 7.77. The first kappa shape index (κ1) is 14.7. The van der Waals surface area contributed by atoms with E-state index in [1.165, 1.54) is 25.0 Å². The molecule has 1 aliphatic rings. The van der Waals surface area contributed by atoms with Gasteiger partial charge in [-0.15, -0.1) is 0 Å². The third-order valence-corrected chi connectivity index (χ3v) is 4.36. The van der Waals surface area contributed by atoms with Gasteiger partial charge in [-0.3, -0.25) is 0 Å². The van der Waals surface area contributed by atoms with E-state index in [-0.39, 0.29) is 10.0 Å². The number of anilines is 2. The Kier molecular flexibility index (Phi) is 4.09. The molecule has 112 valence electrons. The van der Waals surface area contributed by atoms with Crippen LogP contribution in [-0.4, -0.2) is 9.55 Å². The maximum absolute atomic E-state index is 13.5. The number of halogens is 3. The number of aryl methyl sites for hydroxylation is 1. The van der Waals surface area contributed by atoms with E-state index >= 15 is 0 Å². The zero-order valence-electron chi connectivity index (χ0n) is 11.7. The molecule has 3 nitrogen and oxygen atoms in total. The minimum atomic E-state index is -0.598. The third kappa shape index (κ3) is 3.01. The maximum atomic E-state index is 13.5. The van der Waals surface area contributed by atoms with Crippen LogP contribution in [-0.2, 0) is 0 Å². The van der Waals surface area contributed by atoms with E-state index < -0.39 is 5.82 Å². The summed E-state index contributed by atoms with van der Waals surface area (Å²) in [6.45, 7) is 1.96. The summed E-state index contributed by atoms with van der Waals surface area (Å²) in [6, 6.07) is 3.51. The summed E-state index contributed by atoms with van der Waals surface area (Å²) in [4.78, 5) is 4.50. The molecule has 0 radical (unpaired) electrons. The molecule has 6 heteroatoms. The fourth-order valence-electron chi connectivity index (χ4n) is 2.83. The monoisotopic (exact) mass is 327 g/mol. The predicted molar refractivity (Wildman–Crippen MR) is 84.2 cm³/mol. The summed E-state index contributed by atoms with van der Waals surface area (Å²) in [5.41, 5.74) is 1.58. The fraction of sp³-hybridized carbons (Fsp3) is 0.400. The SMILES string of the molecule is Cc1cn(C2CCCC2)c(Nc2cc(Cl)c(F)c(Cl)c2)n1. The Morgan fingerprint density at radius 3 is 2.48 bits per heavy atom. The van der Waals surface area contributed by atoms with Gasteiger partial charge in [0.15, 0.2) is 5.82 Å². The van der Waals surface area contributed by atoms with Crippen molar-refractivity contribution in [3.63, 3.8) is 0 Å². The van der Waals surface area contributed by atoms with Crippen molar-refractivity contribution >= 4 is 34.8 Å². The van der Waals surface area contributed by atoms with Crippen LogP contribution in [0.1, 0.15) is 37.4 Å². The van der Waals surface area contributed by atoms with Gasteiger partial charge in [-0.25, -0.2) is 9.37 Å². The van der Waals surface area contributed by atoms with Crippen LogP contribution in [0.4, 0.5) is 16.0 Å². The van der Waals surface area contributed by atoms with Crippen molar-refractivity contribution in [3.8, 4) is 0 Å². The number of rotatable bonds is 3. The standard InChI is InChI=1S/C15H16Cl2FN3/c1-9-8-21(11-4-2-3-5-11)15(19-9)20-10-6-12(16)14(18)13(17)7-10/h6-8,11H,2-5H2,1H3,(H,19,20). The summed E-state index contributed by atoms with van der Waals surface area (Å²) >= 11 is 11.7. The molecule has 3 rings (SSSR count). The minimum Gasteiger partial charge on any atom is -0.325 e. The second kappa shape index (κ2) is 5.85. The maximum Gasteiger partial charge on any atom is 0.207 e. The third-order valence-electron chi connectivity index (χ3n) is 3.81. The van der Waals surface area contributed by atoms with Gasteiger partial charge in [-0.1, -0.05) is 36.0 Å². The van der Waals surface area contributed by atoms with E-state index in [1.54, 1.807) is 0 Å². The van der Waals surface area contributed by atoms with Crippen LogP contribution in [0.2, 0.25) is 10.0 Å². The number of aromatic nitrogens is 2. The highest BCUT2D eigenvalue weighted by Crippen LogP contribution is 2.34. The minimum absolute atomic E-state index is 0.000643. The highest BCUT2D eigenvalue weighted by Gasteiger charge is 2.20. The van der Waals surface area contributed by atoms with E-state index in [0.29, 0.717) is 11.7 Å². The normalized spacial score (nSPS) is 15.6. The number of nitrogens with one attached hydrogen (secondary N) is 1. The highest BCUT2D eigenvalue weighted by molar-refractivity contribution is 6.35. The molecule has 0 unspecified atom stereocenters. The van der Waals surface area contributed by atoms with Crippen molar-refractivity contribution in [2.24, 2.45) is 0 Å². The van der Waals surface area contributed by atoms with E-state index in [0.717, 1.165) is 24.5 Å². The van der Waals surface area contributed by atoms with Gasteiger partial charge in [-0.2, -0.15) is 0 Å². The van der Waals surface area contributed by atoms with Gasteiger partial charge in [-0.05, 0) is 31.9 Å². The molecule has 1 aromatic carbocycles. The smallest absolute Gasteiger partial charge is 0.207 e. The Labute approximate surface area is 133 Å². The molecule has 0 atom stereocenters. The van der Waals surface area contributed by atoms with Gasteiger partial charge in [0.05, 0.1) is 15.7 Å². The molecule has 1 fully saturated rings. The first-order valence-electron chi connectivity index (χ1n) is 7.01. The Hall–Kier alpha value is -1.26. The molecule has 1 aliphatic carbocycles.